The molecule has 9 nitrogen and oxygen atoms in total. The van der Waals surface area contributed by atoms with E-state index in [2.05, 4.69) is 27.3 Å². The molecule has 0 saturated heterocycles. The molecule has 0 radical (unpaired) electrons. The molecular weight excluding hydrogens is 704 g/mol. The van der Waals surface area contributed by atoms with Gasteiger partial charge in [-0.3, -0.25) is 14.2 Å². The molecule has 49 heavy (non-hydrogen) atoms. The van der Waals surface area contributed by atoms with Crippen LogP contribution in [0.5, 0.6) is 17.2 Å². The van der Waals surface area contributed by atoms with Crippen LogP contribution in [0.2, 0.25) is 0 Å². The van der Waals surface area contributed by atoms with Crippen molar-refractivity contribution in [3.8, 4) is 23.3 Å². The maximum atomic E-state index is 14.2. The van der Waals surface area contributed by atoms with E-state index in [0.29, 0.717) is 65.7 Å². The fourth-order valence-corrected chi connectivity index (χ4v) is 7.13. The molecule has 4 aromatic carbocycles. The van der Waals surface area contributed by atoms with Crippen LogP contribution in [0.25, 0.3) is 6.08 Å². The molecule has 1 aromatic heterocycles. The number of aromatic nitrogens is 1. The van der Waals surface area contributed by atoms with Crippen molar-refractivity contribution in [2.24, 2.45) is 4.99 Å². The Morgan fingerprint density at radius 1 is 1.06 bits per heavy atom. The molecule has 1 atom stereocenters. The third-order valence-electron chi connectivity index (χ3n) is 7.82. The molecule has 1 aliphatic heterocycles. The maximum absolute atomic E-state index is 14.2. The summed E-state index contributed by atoms with van der Waals surface area (Å²) < 4.78 is 20.1. The average molecular weight is 736 g/mol. The molecule has 0 fully saturated rings. The predicted octanol–water partition coefficient (Wildman–Crippen LogP) is 6.49. The molecule has 5 aromatic rings. The Kier molecular flexibility index (Phi) is 10.1. The number of ether oxygens (including phenoxy) is 3. The smallest absolute Gasteiger partial charge is 0.271 e. The van der Waals surface area contributed by atoms with Crippen molar-refractivity contribution in [3.63, 3.8) is 0 Å². The van der Waals surface area contributed by atoms with Crippen molar-refractivity contribution in [2.45, 2.75) is 26.5 Å². The summed E-state index contributed by atoms with van der Waals surface area (Å²) in [5, 5.41) is 12.0. The third kappa shape index (κ3) is 7.21. The number of halogens is 1. The zero-order chi connectivity index (χ0) is 34.5. The summed E-state index contributed by atoms with van der Waals surface area (Å²) in [6.07, 6.45) is 1.78. The first-order valence-electron chi connectivity index (χ1n) is 15.4. The van der Waals surface area contributed by atoms with Crippen LogP contribution in [-0.2, 0) is 11.4 Å². The Hall–Kier alpha value is -5.44. The number of benzene rings is 4. The highest BCUT2D eigenvalue weighted by atomic mass is 79.9. The number of nitrogens with zero attached hydrogens (tertiary/aromatic N) is 3. The number of fused-ring (bicyclic) bond motifs is 1. The Labute approximate surface area is 295 Å². The molecular formula is C38H31BrN4O5S. The van der Waals surface area contributed by atoms with Crippen molar-refractivity contribution >= 4 is 44.9 Å². The van der Waals surface area contributed by atoms with Gasteiger partial charge in [-0.25, -0.2) is 4.99 Å². The van der Waals surface area contributed by atoms with Gasteiger partial charge < -0.3 is 19.5 Å². The predicted molar refractivity (Wildman–Crippen MR) is 193 cm³/mol. The summed E-state index contributed by atoms with van der Waals surface area (Å²) in [4.78, 5) is 33.3. The van der Waals surface area contributed by atoms with E-state index in [0.717, 1.165) is 11.1 Å². The van der Waals surface area contributed by atoms with Gasteiger partial charge in [0, 0.05) is 5.69 Å². The molecule has 6 rings (SSSR count). The van der Waals surface area contributed by atoms with Gasteiger partial charge in [-0.15, -0.1) is 0 Å². The molecule has 0 unspecified atom stereocenters. The van der Waals surface area contributed by atoms with E-state index in [4.69, 9.17) is 24.5 Å². The van der Waals surface area contributed by atoms with E-state index < -0.39 is 6.04 Å². The topological polar surface area (TPSA) is 115 Å². The van der Waals surface area contributed by atoms with Crippen LogP contribution in [0.4, 0.5) is 5.69 Å². The van der Waals surface area contributed by atoms with Crippen LogP contribution in [-0.4, -0.2) is 24.2 Å². The van der Waals surface area contributed by atoms with Crippen LogP contribution >= 0.6 is 27.3 Å². The minimum atomic E-state index is -0.725. The van der Waals surface area contributed by atoms with Gasteiger partial charge in [-0.1, -0.05) is 53.8 Å². The lowest BCUT2D eigenvalue weighted by Gasteiger charge is -2.25. The van der Waals surface area contributed by atoms with Crippen LogP contribution in [0, 0.1) is 11.3 Å². The van der Waals surface area contributed by atoms with Crippen LogP contribution < -0.4 is 34.4 Å². The van der Waals surface area contributed by atoms with Gasteiger partial charge in [0.15, 0.2) is 16.3 Å². The largest absolute Gasteiger partial charge is 0.494 e. The molecule has 0 spiro atoms. The van der Waals surface area contributed by atoms with Crippen LogP contribution in [0.3, 0.4) is 0 Å². The lowest BCUT2D eigenvalue weighted by molar-refractivity contribution is -0.113. The van der Waals surface area contributed by atoms with Gasteiger partial charge in [-0.05, 0) is 101 Å². The molecule has 0 saturated carbocycles. The fourth-order valence-electron chi connectivity index (χ4n) is 5.51. The molecule has 246 valence electrons. The second-order valence-corrected chi connectivity index (χ2v) is 12.9. The number of hydrogen-bond donors (Lipinski definition) is 1. The average Bonchev–Trinajstić information content (AvgIpc) is 3.41. The summed E-state index contributed by atoms with van der Waals surface area (Å²) in [5.74, 6) is 1.33. The number of nitriles is 1. The second kappa shape index (κ2) is 14.8. The number of nitrogens with one attached hydrogen (secondary N) is 1. The van der Waals surface area contributed by atoms with Gasteiger partial charge in [0.2, 0.25) is 0 Å². The zero-order valence-electron chi connectivity index (χ0n) is 26.9. The fraction of sp³-hybridized carbons (Fsp3) is 0.158. The van der Waals surface area contributed by atoms with Crippen molar-refractivity contribution in [3.05, 3.63) is 149 Å². The van der Waals surface area contributed by atoms with Crippen molar-refractivity contribution in [1.29, 1.82) is 5.26 Å². The first kappa shape index (κ1) is 33.5. The number of para-hydroxylation sites is 1. The number of carbonyl (C=O) groups is 1. The maximum Gasteiger partial charge on any atom is 0.271 e. The summed E-state index contributed by atoms with van der Waals surface area (Å²) in [5.41, 5.74) is 4.17. The number of anilines is 1. The molecule has 1 aliphatic rings. The van der Waals surface area contributed by atoms with Crippen molar-refractivity contribution in [2.75, 3.05) is 19.0 Å². The number of rotatable bonds is 10. The van der Waals surface area contributed by atoms with E-state index in [9.17, 15) is 9.59 Å². The van der Waals surface area contributed by atoms with Gasteiger partial charge in [0.1, 0.15) is 12.4 Å². The lowest BCUT2D eigenvalue weighted by Crippen LogP contribution is -2.40. The Morgan fingerprint density at radius 2 is 1.80 bits per heavy atom. The highest BCUT2D eigenvalue weighted by molar-refractivity contribution is 9.10. The van der Waals surface area contributed by atoms with E-state index in [1.54, 1.807) is 42.9 Å². The molecule has 11 heteroatoms. The van der Waals surface area contributed by atoms with E-state index in [1.807, 2.05) is 79.7 Å². The molecule has 0 aliphatic carbocycles. The number of methoxy groups -OCH3 is 1. The SMILES string of the molecule is CCOc1ccc([C@@H]2C(C(=O)Nc3ccccc3)=C(C)N=c3s/c(=C\c4cc(Br)c(OCc5ccc(C#N)cc5)c(OC)c4)c(=O)n32)cc1. The first-order valence-corrected chi connectivity index (χ1v) is 17.0. The monoisotopic (exact) mass is 734 g/mol. The number of thiazole rings is 1. The number of allylic oxidation sites excluding steroid dienone is 1. The number of carbonyl (C=O) groups excluding carboxylic acids is 1. The lowest BCUT2D eigenvalue weighted by atomic mass is 9.95. The molecule has 1 amide bonds. The molecule has 0 bridgehead atoms. The van der Waals surface area contributed by atoms with Gasteiger partial charge in [0.05, 0.1) is 51.7 Å². The number of hydrogen-bond acceptors (Lipinski definition) is 8. The minimum absolute atomic E-state index is 0.268. The third-order valence-corrected chi connectivity index (χ3v) is 9.39. The van der Waals surface area contributed by atoms with Crippen molar-refractivity contribution in [1.82, 2.24) is 4.57 Å². The van der Waals surface area contributed by atoms with Gasteiger partial charge >= 0.3 is 0 Å². The quantitative estimate of drug-likeness (QED) is 0.175. The highest BCUT2D eigenvalue weighted by Crippen LogP contribution is 2.37. The highest BCUT2D eigenvalue weighted by Gasteiger charge is 2.32. The van der Waals surface area contributed by atoms with E-state index in [-0.39, 0.29) is 18.1 Å². The molecule has 2 heterocycles. The van der Waals surface area contributed by atoms with Crippen LogP contribution in [0.15, 0.2) is 117 Å². The van der Waals surface area contributed by atoms with Crippen LogP contribution in [0.1, 0.15) is 42.1 Å². The summed E-state index contributed by atoms with van der Waals surface area (Å²) in [7, 11) is 1.55. The summed E-state index contributed by atoms with van der Waals surface area (Å²) in [6, 6.07) is 28.8. The first-order chi connectivity index (χ1) is 23.8. The summed E-state index contributed by atoms with van der Waals surface area (Å²) >= 11 is 4.86. The van der Waals surface area contributed by atoms with Crippen molar-refractivity contribution < 1.29 is 19.0 Å². The Morgan fingerprint density at radius 3 is 2.47 bits per heavy atom. The Bertz CT molecular complexity index is 2270. The van der Waals surface area contributed by atoms with Gasteiger partial charge in [-0.2, -0.15) is 5.26 Å². The van der Waals surface area contributed by atoms with E-state index >= 15 is 0 Å². The summed E-state index contributed by atoms with van der Waals surface area (Å²) in [6.45, 7) is 4.49. The second-order valence-electron chi connectivity index (χ2n) is 11.0. The number of amides is 1. The minimum Gasteiger partial charge on any atom is -0.494 e. The molecule has 1 N–H and O–H groups in total. The zero-order valence-corrected chi connectivity index (χ0v) is 29.3. The standard InChI is InChI=1S/C38H31BrN4O5S/c1-4-47-29-16-14-27(15-17-29)34-33(36(44)42-28-8-6-5-7-9-28)23(2)41-38-43(34)37(45)32(49-38)20-26-18-30(39)35(31(19-26)46-3)48-22-25-12-10-24(21-40)11-13-25/h5-20,34H,4,22H2,1-3H3,(H,42,44)/b32-20-/t34-/m1/s1. The Balaban J connectivity index is 1.39. The normalized spacial score (nSPS) is 14.0. The van der Waals surface area contributed by atoms with Gasteiger partial charge in [0.25, 0.3) is 11.5 Å². The van der Waals surface area contributed by atoms with E-state index in [1.165, 1.54) is 11.3 Å².